The van der Waals surface area contributed by atoms with Crippen LogP contribution in [0.25, 0.3) is 0 Å². The summed E-state index contributed by atoms with van der Waals surface area (Å²) in [5.41, 5.74) is 0.774. The molecule has 2 rings (SSSR count). The van der Waals surface area contributed by atoms with Crippen LogP contribution in [0.1, 0.15) is 19.8 Å². The van der Waals surface area contributed by atoms with Gasteiger partial charge in [0.1, 0.15) is 10.1 Å². The number of thioether (sulfide) groups is 1. The van der Waals surface area contributed by atoms with Crippen molar-refractivity contribution in [3.63, 3.8) is 0 Å². The highest BCUT2D eigenvalue weighted by atomic mass is 32.2. The van der Waals surface area contributed by atoms with Crippen LogP contribution in [0.4, 0.5) is 5.69 Å². The summed E-state index contributed by atoms with van der Waals surface area (Å²) >= 11 is 6.77. The zero-order valence-electron chi connectivity index (χ0n) is 12.1. The molecule has 6 heteroatoms. The van der Waals surface area contributed by atoms with Crippen LogP contribution in [0.5, 0.6) is 5.75 Å². The van der Waals surface area contributed by atoms with E-state index in [1.807, 2.05) is 31.2 Å². The zero-order valence-corrected chi connectivity index (χ0v) is 13.8. The number of amides is 1. The Kier molecular flexibility index (Phi) is 6.32. The molecule has 4 nitrogen and oxygen atoms in total. The first kappa shape index (κ1) is 16.1. The molecular formula is C15H20N2O2S2. The van der Waals surface area contributed by atoms with Crippen molar-refractivity contribution in [2.45, 2.75) is 19.8 Å². The standard InChI is InChI=1S/C15H20N2O2S2/c1-2-19-13-7-5-12(6-8-13)16-14(18)11-21-15(20)17-9-3-4-10-17/h5-8H,2-4,9-11H2,1H3,(H,16,18). The van der Waals surface area contributed by atoms with E-state index >= 15 is 0 Å². The van der Waals surface area contributed by atoms with Gasteiger partial charge in [-0.1, -0.05) is 24.0 Å². The van der Waals surface area contributed by atoms with E-state index in [4.69, 9.17) is 17.0 Å². The van der Waals surface area contributed by atoms with E-state index in [0.717, 1.165) is 28.8 Å². The molecular weight excluding hydrogens is 304 g/mol. The minimum absolute atomic E-state index is 0.0364. The predicted molar refractivity (Wildman–Crippen MR) is 92.1 cm³/mol. The van der Waals surface area contributed by atoms with E-state index in [2.05, 4.69) is 10.2 Å². The lowest BCUT2D eigenvalue weighted by molar-refractivity contribution is -0.113. The Labute approximate surface area is 135 Å². The first-order valence-electron chi connectivity index (χ1n) is 7.13. The van der Waals surface area contributed by atoms with E-state index in [9.17, 15) is 4.79 Å². The van der Waals surface area contributed by atoms with Gasteiger partial charge in [0.25, 0.3) is 0 Å². The molecule has 1 aromatic carbocycles. The number of nitrogens with one attached hydrogen (secondary N) is 1. The van der Waals surface area contributed by atoms with Crippen LogP contribution < -0.4 is 10.1 Å². The second-order valence-corrected chi connectivity index (χ2v) is 6.36. The maximum atomic E-state index is 11.9. The number of anilines is 1. The van der Waals surface area contributed by atoms with Crippen LogP contribution >= 0.6 is 24.0 Å². The molecule has 0 bridgehead atoms. The normalized spacial score (nSPS) is 14.0. The lowest BCUT2D eigenvalue weighted by Crippen LogP contribution is -2.25. The van der Waals surface area contributed by atoms with Gasteiger partial charge in [0.2, 0.25) is 5.91 Å². The monoisotopic (exact) mass is 324 g/mol. The number of hydrogen-bond acceptors (Lipinski definition) is 4. The number of thiocarbonyl (C=S) groups is 1. The molecule has 0 saturated carbocycles. The lowest BCUT2D eigenvalue weighted by atomic mass is 10.3. The highest BCUT2D eigenvalue weighted by Crippen LogP contribution is 2.18. The van der Waals surface area contributed by atoms with Gasteiger partial charge in [0.05, 0.1) is 12.4 Å². The summed E-state index contributed by atoms with van der Waals surface area (Å²) in [5.74, 6) is 1.12. The van der Waals surface area contributed by atoms with Crippen LogP contribution in [0.2, 0.25) is 0 Å². The fourth-order valence-corrected chi connectivity index (χ4v) is 3.17. The topological polar surface area (TPSA) is 41.6 Å². The highest BCUT2D eigenvalue weighted by Gasteiger charge is 2.16. The van der Waals surface area contributed by atoms with Gasteiger partial charge in [-0.25, -0.2) is 0 Å². The maximum Gasteiger partial charge on any atom is 0.234 e. The highest BCUT2D eigenvalue weighted by molar-refractivity contribution is 8.23. The summed E-state index contributed by atoms with van der Waals surface area (Å²) in [4.78, 5) is 14.1. The van der Waals surface area contributed by atoms with Crippen LogP contribution in [0.15, 0.2) is 24.3 Å². The summed E-state index contributed by atoms with van der Waals surface area (Å²) in [6.07, 6.45) is 2.39. The number of hydrogen-bond donors (Lipinski definition) is 1. The van der Waals surface area contributed by atoms with E-state index in [0.29, 0.717) is 12.4 Å². The van der Waals surface area contributed by atoms with Crippen molar-refractivity contribution in [3.8, 4) is 5.75 Å². The van der Waals surface area contributed by atoms with Crippen LogP contribution in [-0.4, -0.2) is 40.6 Å². The van der Waals surface area contributed by atoms with Gasteiger partial charge in [0, 0.05) is 18.8 Å². The smallest absolute Gasteiger partial charge is 0.234 e. The summed E-state index contributed by atoms with van der Waals surface area (Å²) in [5, 5.41) is 2.86. The van der Waals surface area contributed by atoms with Crippen molar-refractivity contribution in [2.75, 3.05) is 30.8 Å². The van der Waals surface area contributed by atoms with Crippen molar-refractivity contribution >= 4 is 39.9 Å². The quantitative estimate of drug-likeness (QED) is 0.843. The van der Waals surface area contributed by atoms with Gasteiger partial charge < -0.3 is 15.0 Å². The number of ether oxygens (including phenoxy) is 1. The first-order chi connectivity index (χ1) is 10.2. The van der Waals surface area contributed by atoms with Gasteiger partial charge in [-0.2, -0.15) is 0 Å². The van der Waals surface area contributed by atoms with Gasteiger partial charge >= 0.3 is 0 Å². The largest absolute Gasteiger partial charge is 0.494 e. The molecule has 1 aliphatic rings. The zero-order chi connectivity index (χ0) is 15.1. The number of carbonyl (C=O) groups excluding carboxylic acids is 1. The van der Waals surface area contributed by atoms with Crippen LogP contribution in [0, 0.1) is 0 Å². The van der Waals surface area contributed by atoms with Crippen molar-refractivity contribution in [1.82, 2.24) is 4.90 Å². The Morgan fingerprint density at radius 3 is 2.62 bits per heavy atom. The third kappa shape index (κ3) is 5.21. The first-order valence-corrected chi connectivity index (χ1v) is 8.53. The Morgan fingerprint density at radius 1 is 1.33 bits per heavy atom. The van der Waals surface area contributed by atoms with Crippen molar-refractivity contribution in [1.29, 1.82) is 0 Å². The molecule has 1 aliphatic heterocycles. The molecule has 0 unspecified atom stereocenters. The van der Waals surface area contributed by atoms with Crippen LogP contribution in [-0.2, 0) is 4.79 Å². The lowest BCUT2D eigenvalue weighted by Gasteiger charge is -2.17. The molecule has 0 radical (unpaired) electrons. The summed E-state index contributed by atoms with van der Waals surface area (Å²) in [6, 6.07) is 7.38. The summed E-state index contributed by atoms with van der Waals surface area (Å²) < 4.78 is 6.19. The summed E-state index contributed by atoms with van der Waals surface area (Å²) in [7, 11) is 0. The SMILES string of the molecule is CCOc1ccc(NC(=O)CSC(=S)N2CCCC2)cc1. The average molecular weight is 324 g/mol. The molecule has 21 heavy (non-hydrogen) atoms. The van der Waals surface area contributed by atoms with E-state index in [-0.39, 0.29) is 5.91 Å². The summed E-state index contributed by atoms with van der Waals surface area (Å²) in [6.45, 7) is 4.62. The molecule has 1 heterocycles. The number of carbonyl (C=O) groups is 1. The molecule has 0 aromatic heterocycles. The van der Waals surface area contributed by atoms with Crippen molar-refractivity contribution in [3.05, 3.63) is 24.3 Å². The number of likely N-dealkylation sites (tertiary alicyclic amines) is 1. The average Bonchev–Trinajstić information content (AvgIpc) is 3.01. The molecule has 114 valence electrons. The fourth-order valence-electron chi connectivity index (χ4n) is 2.12. The fraction of sp³-hybridized carbons (Fsp3) is 0.467. The van der Waals surface area contributed by atoms with E-state index in [1.54, 1.807) is 0 Å². The number of nitrogens with zero attached hydrogens (tertiary/aromatic N) is 1. The number of rotatable bonds is 5. The van der Waals surface area contributed by atoms with Gasteiger partial charge in [-0.15, -0.1) is 0 Å². The van der Waals surface area contributed by atoms with Crippen LogP contribution in [0.3, 0.4) is 0 Å². The third-order valence-electron chi connectivity index (χ3n) is 3.14. The minimum atomic E-state index is -0.0364. The molecule has 1 aromatic rings. The molecule has 1 amide bonds. The third-order valence-corrected chi connectivity index (χ3v) is 4.66. The molecule has 1 saturated heterocycles. The predicted octanol–water partition coefficient (Wildman–Crippen LogP) is 3.14. The minimum Gasteiger partial charge on any atom is -0.494 e. The Bertz CT molecular complexity index is 485. The Morgan fingerprint density at radius 2 is 2.00 bits per heavy atom. The molecule has 0 spiro atoms. The van der Waals surface area contributed by atoms with E-state index < -0.39 is 0 Å². The van der Waals surface area contributed by atoms with Gasteiger partial charge in [-0.05, 0) is 44.0 Å². The van der Waals surface area contributed by atoms with E-state index in [1.165, 1.54) is 24.6 Å². The maximum absolute atomic E-state index is 11.9. The van der Waals surface area contributed by atoms with Gasteiger partial charge in [-0.3, -0.25) is 4.79 Å². The van der Waals surface area contributed by atoms with Crippen molar-refractivity contribution < 1.29 is 9.53 Å². The second-order valence-electron chi connectivity index (χ2n) is 4.75. The van der Waals surface area contributed by atoms with Crippen molar-refractivity contribution in [2.24, 2.45) is 0 Å². The second kappa shape index (κ2) is 8.24. The molecule has 1 N–H and O–H groups in total. The van der Waals surface area contributed by atoms with Gasteiger partial charge in [0.15, 0.2) is 0 Å². The Balaban J connectivity index is 1.74. The number of benzene rings is 1. The molecule has 1 fully saturated rings. The Hall–Kier alpha value is -1.27. The molecule has 0 aliphatic carbocycles. The molecule has 0 atom stereocenters.